The molecule has 0 radical (unpaired) electrons. The average Bonchev–Trinajstić information content (AvgIpc) is 2.82. The van der Waals surface area contributed by atoms with Gasteiger partial charge in [0.05, 0.1) is 18.1 Å². The molecule has 7 heteroatoms. The second kappa shape index (κ2) is 7.53. The number of aliphatic carboxylic acids is 1. The van der Waals surface area contributed by atoms with Gasteiger partial charge in [0, 0.05) is 31.7 Å². The van der Waals surface area contributed by atoms with Crippen molar-refractivity contribution < 1.29 is 15.0 Å². The van der Waals surface area contributed by atoms with Gasteiger partial charge in [0.1, 0.15) is 6.04 Å². The van der Waals surface area contributed by atoms with Crippen LogP contribution >= 0.6 is 0 Å². The monoisotopic (exact) mass is 298 g/mol. The number of carboxylic acid groups (broad SMARTS) is 1. The van der Waals surface area contributed by atoms with E-state index < -0.39 is 24.0 Å². The molecule has 21 heavy (non-hydrogen) atoms. The van der Waals surface area contributed by atoms with Crippen molar-refractivity contribution in [2.75, 3.05) is 14.1 Å². The van der Waals surface area contributed by atoms with E-state index in [1.54, 1.807) is 38.4 Å². The Hall–Kier alpha value is -1.44. The first-order valence-corrected chi connectivity index (χ1v) is 7.03. The van der Waals surface area contributed by atoms with Crippen molar-refractivity contribution >= 4 is 5.97 Å². The predicted molar refractivity (Wildman–Crippen MR) is 79.8 cm³/mol. The molecule has 3 N–H and O–H groups in total. The van der Waals surface area contributed by atoms with Gasteiger partial charge in [-0.2, -0.15) is 0 Å². The number of aliphatic hydroxyl groups is 1. The van der Waals surface area contributed by atoms with E-state index in [1.807, 2.05) is 18.5 Å². The molecule has 0 spiro atoms. The summed E-state index contributed by atoms with van der Waals surface area (Å²) in [6.45, 7) is 4.05. The van der Waals surface area contributed by atoms with Gasteiger partial charge >= 0.3 is 5.97 Å². The fourth-order valence-corrected chi connectivity index (χ4v) is 2.52. The first-order chi connectivity index (χ1) is 9.79. The number of carboxylic acids is 1. The first-order valence-electron chi connectivity index (χ1n) is 7.03. The molecule has 0 bridgehead atoms. The molecular weight excluding hydrogens is 272 g/mol. The third kappa shape index (κ3) is 4.26. The molecule has 0 aliphatic heterocycles. The molecule has 4 atom stereocenters. The van der Waals surface area contributed by atoms with Gasteiger partial charge < -0.3 is 20.1 Å². The topological polar surface area (TPSA) is 90.6 Å². The largest absolute Gasteiger partial charge is 0.480 e. The van der Waals surface area contributed by atoms with Gasteiger partial charge in [-0.15, -0.1) is 0 Å². The van der Waals surface area contributed by atoms with Crippen LogP contribution in [0.2, 0.25) is 0 Å². The zero-order valence-corrected chi connectivity index (χ0v) is 13.3. The third-order valence-electron chi connectivity index (χ3n) is 4.06. The summed E-state index contributed by atoms with van der Waals surface area (Å²) in [7, 11) is 5.36. The number of nitrogens with one attached hydrogen (secondary N) is 1. The van der Waals surface area contributed by atoms with E-state index in [0.29, 0.717) is 6.54 Å². The Labute approximate surface area is 125 Å². The normalized spacial score (nSPS) is 17.5. The highest BCUT2D eigenvalue weighted by Crippen LogP contribution is 2.19. The molecule has 0 aliphatic rings. The van der Waals surface area contributed by atoms with Crippen molar-refractivity contribution in [2.24, 2.45) is 13.0 Å². The number of hydrogen-bond acceptors (Lipinski definition) is 5. The van der Waals surface area contributed by atoms with Crippen LogP contribution in [0.1, 0.15) is 19.5 Å². The van der Waals surface area contributed by atoms with Crippen LogP contribution in [0.5, 0.6) is 0 Å². The van der Waals surface area contributed by atoms with Crippen molar-refractivity contribution in [2.45, 2.75) is 38.6 Å². The summed E-state index contributed by atoms with van der Waals surface area (Å²) in [6, 6.07) is -0.947. The highest BCUT2D eigenvalue weighted by Gasteiger charge is 2.35. The quantitative estimate of drug-likeness (QED) is 0.621. The van der Waals surface area contributed by atoms with Crippen molar-refractivity contribution in [1.29, 1.82) is 0 Å². The van der Waals surface area contributed by atoms with Crippen molar-refractivity contribution in [3.05, 3.63) is 18.2 Å². The average molecular weight is 298 g/mol. The zero-order chi connectivity index (χ0) is 16.2. The van der Waals surface area contributed by atoms with Crippen LogP contribution < -0.4 is 5.32 Å². The van der Waals surface area contributed by atoms with Gasteiger partial charge in [0.15, 0.2) is 0 Å². The number of aryl methyl sites for hydroxylation is 1. The van der Waals surface area contributed by atoms with Gasteiger partial charge in [0.2, 0.25) is 0 Å². The van der Waals surface area contributed by atoms with Crippen LogP contribution in [0.4, 0.5) is 0 Å². The smallest absolute Gasteiger partial charge is 0.321 e. The second-order valence-corrected chi connectivity index (χ2v) is 5.62. The maximum atomic E-state index is 11.6. The first kappa shape index (κ1) is 17.6. The Morgan fingerprint density at radius 2 is 2.14 bits per heavy atom. The maximum absolute atomic E-state index is 11.6. The number of aromatic nitrogens is 2. The molecule has 0 aliphatic carbocycles. The van der Waals surface area contributed by atoms with Crippen LogP contribution in [-0.4, -0.2) is 62.9 Å². The molecule has 1 aromatic rings. The minimum atomic E-state index is -0.936. The molecule has 1 rings (SSSR count). The molecule has 120 valence electrons. The van der Waals surface area contributed by atoms with Crippen molar-refractivity contribution in [3.63, 3.8) is 0 Å². The van der Waals surface area contributed by atoms with Crippen LogP contribution in [-0.2, 0) is 18.4 Å². The lowest BCUT2D eigenvalue weighted by atomic mass is 9.90. The zero-order valence-electron chi connectivity index (χ0n) is 13.3. The van der Waals surface area contributed by atoms with Gasteiger partial charge in [-0.05, 0) is 21.0 Å². The van der Waals surface area contributed by atoms with Gasteiger partial charge in [-0.25, -0.2) is 4.98 Å². The lowest BCUT2D eigenvalue weighted by Crippen LogP contribution is -2.51. The highest BCUT2D eigenvalue weighted by molar-refractivity contribution is 5.74. The molecule has 0 amide bonds. The van der Waals surface area contributed by atoms with Crippen molar-refractivity contribution in [3.8, 4) is 0 Å². The van der Waals surface area contributed by atoms with Crippen LogP contribution in [0.15, 0.2) is 12.5 Å². The third-order valence-corrected chi connectivity index (χ3v) is 4.06. The Morgan fingerprint density at radius 3 is 2.57 bits per heavy atom. The molecule has 0 aromatic carbocycles. The number of hydrogen-bond donors (Lipinski definition) is 3. The Morgan fingerprint density at radius 1 is 1.52 bits per heavy atom. The van der Waals surface area contributed by atoms with E-state index in [9.17, 15) is 15.0 Å². The van der Waals surface area contributed by atoms with E-state index in [4.69, 9.17) is 0 Å². The molecule has 1 heterocycles. The molecule has 1 unspecified atom stereocenters. The Balaban J connectivity index is 2.85. The summed E-state index contributed by atoms with van der Waals surface area (Å²) < 4.78 is 1.85. The van der Waals surface area contributed by atoms with Gasteiger partial charge in [0.25, 0.3) is 0 Å². The molecule has 7 nitrogen and oxygen atoms in total. The SMILES string of the molecule is CN[C@@H](C)[C@H](O)[C@H](C)C(C(=O)O)N(C)Cc1cncn1C. The van der Waals surface area contributed by atoms with Crippen LogP contribution in [0.25, 0.3) is 0 Å². The fourth-order valence-electron chi connectivity index (χ4n) is 2.52. The number of rotatable bonds is 8. The molecule has 0 saturated carbocycles. The lowest BCUT2D eigenvalue weighted by Gasteiger charge is -2.34. The summed E-state index contributed by atoms with van der Waals surface area (Å²) in [5, 5.41) is 22.7. The number of nitrogens with zero attached hydrogens (tertiary/aromatic N) is 3. The molecule has 1 aromatic heterocycles. The minimum absolute atomic E-state index is 0.174. The molecular formula is C14H26N4O3. The van der Waals surface area contributed by atoms with Gasteiger partial charge in [-0.1, -0.05) is 6.92 Å². The highest BCUT2D eigenvalue weighted by atomic mass is 16.4. The van der Waals surface area contributed by atoms with E-state index in [1.165, 1.54) is 0 Å². The fraction of sp³-hybridized carbons (Fsp3) is 0.714. The maximum Gasteiger partial charge on any atom is 0.321 e. The second-order valence-electron chi connectivity index (χ2n) is 5.62. The number of imidazole rings is 1. The van der Waals surface area contributed by atoms with Crippen LogP contribution in [0.3, 0.4) is 0 Å². The Bertz CT molecular complexity index is 463. The number of carbonyl (C=O) groups is 1. The van der Waals surface area contributed by atoms with Gasteiger partial charge in [-0.3, -0.25) is 9.69 Å². The predicted octanol–water partition coefficient (Wildman–Crippen LogP) is -0.0900. The minimum Gasteiger partial charge on any atom is -0.480 e. The van der Waals surface area contributed by atoms with E-state index in [0.717, 1.165) is 5.69 Å². The summed E-state index contributed by atoms with van der Waals surface area (Å²) in [5.41, 5.74) is 0.923. The Kier molecular flexibility index (Phi) is 6.32. The number of likely N-dealkylation sites (N-methyl/N-ethyl adjacent to an activating group) is 2. The summed E-state index contributed by atoms with van der Waals surface area (Å²) in [5.74, 6) is -1.35. The van der Waals surface area contributed by atoms with Crippen molar-refractivity contribution in [1.82, 2.24) is 19.8 Å². The molecule has 0 saturated heterocycles. The van der Waals surface area contributed by atoms with E-state index in [2.05, 4.69) is 10.3 Å². The summed E-state index contributed by atoms with van der Waals surface area (Å²) in [6.07, 6.45) is 2.65. The van der Waals surface area contributed by atoms with Crippen LogP contribution in [0, 0.1) is 5.92 Å². The molecule has 0 fully saturated rings. The lowest BCUT2D eigenvalue weighted by molar-refractivity contribution is -0.147. The van der Waals surface area contributed by atoms with E-state index in [-0.39, 0.29) is 6.04 Å². The number of aliphatic hydroxyl groups excluding tert-OH is 1. The summed E-state index contributed by atoms with van der Waals surface area (Å²) in [4.78, 5) is 17.4. The summed E-state index contributed by atoms with van der Waals surface area (Å²) >= 11 is 0. The van der Waals surface area contributed by atoms with E-state index >= 15 is 0 Å². The standard InChI is InChI=1S/C14H26N4O3/c1-9(13(19)10(2)15-3)12(14(20)21)17(4)7-11-6-16-8-18(11)5/h6,8-10,12-13,15,19H,7H2,1-5H3,(H,20,21)/t9-,10+,12?,13-/m1/s1.